The van der Waals surface area contributed by atoms with E-state index in [1.807, 2.05) is 25.3 Å². The van der Waals surface area contributed by atoms with Crippen LogP contribution in [-0.2, 0) is 24.2 Å². The highest BCUT2D eigenvalue weighted by Crippen LogP contribution is 2.16. The minimum Gasteiger partial charge on any atom is -0.444 e. The zero-order valence-corrected chi connectivity index (χ0v) is 11.6. The second-order valence-electron chi connectivity index (χ2n) is 5.56. The molecular formula is C12H20N4O3. The predicted molar refractivity (Wildman–Crippen MR) is 67.5 cm³/mol. The summed E-state index contributed by atoms with van der Waals surface area (Å²) in [5.41, 5.74) is -0.496. The van der Waals surface area contributed by atoms with Crippen molar-refractivity contribution in [3.8, 4) is 0 Å². The fourth-order valence-electron chi connectivity index (χ4n) is 1.99. The summed E-state index contributed by atoms with van der Waals surface area (Å²) < 4.78 is 7.29. The van der Waals surface area contributed by atoms with Crippen molar-refractivity contribution in [1.82, 2.24) is 19.7 Å². The summed E-state index contributed by atoms with van der Waals surface area (Å²) in [7, 11) is 0. The number of ether oxygens (including phenoxy) is 1. The van der Waals surface area contributed by atoms with Crippen molar-refractivity contribution in [2.75, 3.05) is 13.2 Å². The van der Waals surface area contributed by atoms with Crippen LogP contribution in [0.25, 0.3) is 0 Å². The highest BCUT2D eigenvalue weighted by Gasteiger charge is 2.27. The molecule has 0 aromatic carbocycles. The number of hydrogen-bond acceptors (Lipinski definition) is 5. The lowest BCUT2D eigenvalue weighted by Crippen LogP contribution is -2.41. The van der Waals surface area contributed by atoms with Gasteiger partial charge in [0.15, 0.2) is 5.82 Å². The van der Waals surface area contributed by atoms with Crippen LogP contribution in [0.15, 0.2) is 0 Å². The molecule has 0 radical (unpaired) electrons. The average Bonchev–Trinajstić information content (AvgIpc) is 2.70. The van der Waals surface area contributed by atoms with Gasteiger partial charge in [0.2, 0.25) is 0 Å². The number of aliphatic hydroxyl groups is 1. The van der Waals surface area contributed by atoms with Crippen LogP contribution >= 0.6 is 0 Å². The van der Waals surface area contributed by atoms with Crippen LogP contribution in [0.1, 0.15) is 32.4 Å². The Morgan fingerprint density at radius 1 is 1.37 bits per heavy atom. The molecule has 0 aliphatic carbocycles. The van der Waals surface area contributed by atoms with Crippen molar-refractivity contribution in [1.29, 1.82) is 0 Å². The summed E-state index contributed by atoms with van der Waals surface area (Å²) in [4.78, 5) is 13.6. The second-order valence-corrected chi connectivity index (χ2v) is 5.56. The van der Waals surface area contributed by atoms with Gasteiger partial charge in [-0.05, 0) is 20.8 Å². The number of carbonyl (C=O) groups is 1. The molecule has 19 heavy (non-hydrogen) atoms. The molecule has 1 aliphatic heterocycles. The van der Waals surface area contributed by atoms with E-state index in [9.17, 15) is 4.79 Å². The lowest BCUT2D eigenvalue weighted by Gasteiger charge is -2.30. The number of aromatic nitrogens is 3. The molecule has 0 fully saturated rings. The normalized spacial score (nSPS) is 15.3. The van der Waals surface area contributed by atoms with Crippen LogP contribution in [0, 0.1) is 0 Å². The third-order valence-corrected chi connectivity index (χ3v) is 2.82. The van der Waals surface area contributed by atoms with Crippen molar-refractivity contribution < 1.29 is 14.6 Å². The average molecular weight is 268 g/mol. The molecule has 7 nitrogen and oxygen atoms in total. The smallest absolute Gasteiger partial charge is 0.410 e. The standard InChI is InChI=1S/C12H20N4O3/c1-12(2,3)19-11(18)15-5-6-16-9(4-7-17)13-14-10(16)8-15/h17H,4-8H2,1-3H3. The molecule has 0 unspecified atom stereocenters. The summed E-state index contributed by atoms with van der Waals surface area (Å²) >= 11 is 0. The minimum atomic E-state index is -0.496. The van der Waals surface area contributed by atoms with E-state index < -0.39 is 5.60 Å². The molecule has 106 valence electrons. The van der Waals surface area contributed by atoms with Gasteiger partial charge in [0.1, 0.15) is 11.4 Å². The van der Waals surface area contributed by atoms with E-state index in [4.69, 9.17) is 9.84 Å². The van der Waals surface area contributed by atoms with E-state index in [1.165, 1.54) is 0 Å². The number of amides is 1. The molecule has 1 aliphatic rings. The van der Waals surface area contributed by atoms with E-state index in [0.29, 0.717) is 26.1 Å². The number of nitrogens with zero attached hydrogens (tertiary/aromatic N) is 4. The first kappa shape index (κ1) is 13.8. The van der Waals surface area contributed by atoms with Gasteiger partial charge in [0.25, 0.3) is 0 Å². The van der Waals surface area contributed by atoms with Gasteiger partial charge in [-0.1, -0.05) is 0 Å². The molecule has 1 aromatic rings. The first-order chi connectivity index (χ1) is 8.90. The number of carbonyl (C=O) groups excluding carboxylic acids is 1. The molecule has 2 rings (SSSR count). The van der Waals surface area contributed by atoms with E-state index >= 15 is 0 Å². The Morgan fingerprint density at radius 2 is 2.11 bits per heavy atom. The van der Waals surface area contributed by atoms with Crippen LogP contribution in [0.5, 0.6) is 0 Å². The maximum absolute atomic E-state index is 12.0. The molecule has 7 heteroatoms. The molecule has 2 heterocycles. The van der Waals surface area contributed by atoms with Crippen LogP contribution in [0.2, 0.25) is 0 Å². The van der Waals surface area contributed by atoms with Gasteiger partial charge in [0, 0.05) is 19.5 Å². The highest BCUT2D eigenvalue weighted by atomic mass is 16.6. The van der Waals surface area contributed by atoms with Crippen molar-refractivity contribution >= 4 is 6.09 Å². The Labute approximate surface area is 112 Å². The molecule has 1 N–H and O–H groups in total. The Bertz CT molecular complexity index is 464. The Kier molecular flexibility index (Phi) is 3.75. The van der Waals surface area contributed by atoms with Gasteiger partial charge in [-0.15, -0.1) is 10.2 Å². The Morgan fingerprint density at radius 3 is 2.74 bits per heavy atom. The first-order valence-electron chi connectivity index (χ1n) is 6.40. The summed E-state index contributed by atoms with van der Waals surface area (Å²) in [6.07, 6.45) is 0.157. The lowest BCUT2D eigenvalue weighted by atomic mass is 10.2. The number of aliphatic hydroxyl groups excluding tert-OH is 1. The highest BCUT2D eigenvalue weighted by molar-refractivity contribution is 5.68. The molecule has 0 saturated carbocycles. The zero-order chi connectivity index (χ0) is 14.0. The quantitative estimate of drug-likeness (QED) is 0.848. The van der Waals surface area contributed by atoms with Crippen LogP contribution < -0.4 is 0 Å². The molecule has 0 bridgehead atoms. The van der Waals surface area contributed by atoms with Gasteiger partial charge < -0.3 is 14.4 Å². The monoisotopic (exact) mass is 268 g/mol. The van der Waals surface area contributed by atoms with Crippen LogP contribution in [0.3, 0.4) is 0 Å². The fourth-order valence-corrected chi connectivity index (χ4v) is 1.99. The van der Waals surface area contributed by atoms with Gasteiger partial charge in [-0.2, -0.15) is 0 Å². The number of hydrogen-bond donors (Lipinski definition) is 1. The Hall–Kier alpha value is -1.63. The molecular weight excluding hydrogens is 248 g/mol. The molecule has 1 aromatic heterocycles. The summed E-state index contributed by atoms with van der Waals surface area (Å²) in [5.74, 6) is 1.50. The van der Waals surface area contributed by atoms with Gasteiger partial charge in [-0.3, -0.25) is 4.90 Å². The van der Waals surface area contributed by atoms with Crippen LogP contribution in [-0.4, -0.2) is 49.6 Å². The summed E-state index contributed by atoms with van der Waals surface area (Å²) in [5, 5.41) is 17.0. The third kappa shape index (κ3) is 3.23. The van der Waals surface area contributed by atoms with Crippen molar-refractivity contribution in [2.24, 2.45) is 0 Å². The Balaban J connectivity index is 2.04. The summed E-state index contributed by atoms with van der Waals surface area (Å²) in [6, 6.07) is 0. The van der Waals surface area contributed by atoms with E-state index in [-0.39, 0.29) is 12.7 Å². The van der Waals surface area contributed by atoms with Gasteiger partial charge in [-0.25, -0.2) is 4.79 Å². The molecule has 1 amide bonds. The van der Waals surface area contributed by atoms with Gasteiger partial charge in [0.05, 0.1) is 13.2 Å². The second kappa shape index (κ2) is 5.16. The van der Waals surface area contributed by atoms with Crippen molar-refractivity contribution in [2.45, 2.75) is 45.9 Å². The zero-order valence-electron chi connectivity index (χ0n) is 11.6. The van der Waals surface area contributed by atoms with E-state index in [0.717, 1.165) is 11.6 Å². The largest absolute Gasteiger partial charge is 0.444 e. The SMILES string of the molecule is CC(C)(C)OC(=O)N1CCn2c(CCO)nnc2C1. The van der Waals surface area contributed by atoms with E-state index in [2.05, 4.69) is 10.2 Å². The number of rotatable bonds is 2. The maximum Gasteiger partial charge on any atom is 0.410 e. The molecule has 0 atom stereocenters. The predicted octanol–water partition coefficient (Wildman–Crippen LogP) is 0.564. The molecule has 0 spiro atoms. The summed E-state index contributed by atoms with van der Waals surface area (Å²) in [6.45, 7) is 7.18. The van der Waals surface area contributed by atoms with Crippen molar-refractivity contribution in [3.63, 3.8) is 0 Å². The van der Waals surface area contributed by atoms with Crippen LogP contribution in [0.4, 0.5) is 4.79 Å². The van der Waals surface area contributed by atoms with Crippen molar-refractivity contribution in [3.05, 3.63) is 11.6 Å². The molecule has 0 saturated heterocycles. The fraction of sp³-hybridized carbons (Fsp3) is 0.750. The first-order valence-corrected chi connectivity index (χ1v) is 6.40. The van der Waals surface area contributed by atoms with Gasteiger partial charge >= 0.3 is 6.09 Å². The lowest BCUT2D eigenvalue weighted by molar-refractivity contribution is 0.0194. The topological polar surface area (TPSA) is 80.5 Å². The number of fused-ring (bicyclic) bond motifs is 1. The minimum absolute atomic E-state index is 0.0495. The van der Waals surface area contributed by atoms with E-state index in [1.54, 1.807) is 4.90 Å². The third-order valence-electron chi connectivity index (χ3n) is 2.82. The maximum atomic E-state index is 12.0.